The van der Waals surface area contributed by atoms with Gasteiger partial charge in [-0.25, -0.2) is 8.78 Å². The van der Waals surface area contributed by atoms with E-state index in [9.17, 15) is 8.78 Å². The third-order valence-electron chi connectivity index (χ3n) is 2.36. The minimum absolute atomic E-state index is 0.00481. The van der Waals surface area contributed by atoms with E-state index in [1.807, 2.05) is 0 Å². The highest BCUT2D eigenvalue weighted by Gasteiger charge is 2.13. The molecule has 0 spiro atoms. The first-order valence-electron chi connectivity index (χ1n) is 5.14. The molecule has 0 aliphatic rings. The molecule has 0 radical (unpaired) electrons. The predicted molar refractivity (Wildman–Crippen MR) is 74.7 cm³/mol. The first-order valence-corrected chi connectivity index (χ1v) is 6.21. The highest BCUT2D eigenvalue weighted by atomic mass is 127. The van der Waals surface area contributed by atoms with Crippen LogP contribution in [0.4, 0.5) is 14.5 Å². The predicted octanol–water partition coefficient (Wildman–Crippen LogP) is 3.82. The molecule has 6 heteroatoms. The summed E-state index contributed by atoms with van der Waals surface area (Å²) in [5.41, 5.74) is 5.65. The van der Waals surface area contributed by atoms with Crippen molar-refractivity contribution in [2.45, 2.75) is 0 Å². The highest BCUT2D eigenvalue weighted by molar-refractivity contribution is 14.1. The summed E-state index contributed by atoms with van der Waals surface area (Å²) in [6, 6.07) is 8.14. The van der Waals surface area contributed by atoms with E-state index in [1.54, 1.807) is 28.7 Å². The fourth-order valence-corrected chi connectivity index (χ4v) is 1.94. The molecule has 0 unspecified atom stereocenters. The largest absolute Gasteiger partial charge is 0.454 e. The molecular weight excluding hydrogens is 365 g/mol. The Morgan fingerprint density at radius 1 is 1.16 bits per heavy atom. The van der Waals surface area contributed by atoms with Crippen molar-refractivity contribution in [3.05, 3.63) is 51.1 Å². The van der Waals surface area contributed by atoms with E-state index in [2.05, 4.69) is 0 Å². The average Bonchev–Trinajstić information content (AvgIpc) is 2.36. The van der Waals surface area contributed by atoms with Gasteiger partial charge in [0.2, 0.25) is 0 Å². The van der Waals surface area contributed by atoms with Crippen LogP contribution < -0.4 is 10.5 Å². The molecule has 0 saturated carbocycles. The quantitative estimate of drug-likeness (QED) is 0.644. The van der Waals surface area contributed by atoms with E-state index < -0.39 is 11.6 Å². The highest BCUT2D eigenvalue weighted by Crippen LogP contribution is 2.32. The normalized spacial score (nSPS) is 10.0. The lowest BCUT2D eigenvalue weighted by molar-refractivity contribution is 0.471. The summed E-state index contributed by atoms with van der Waals surface area (Å²) >= 11 is 1.79. The van der Waals surface area contributed by atoms with Crippen molar-refractivity contribution in [3.63, 3.8) is 0 Å². The van der Waals surface area contributed by atoms with Gasteiger partial charge in [0.1, 0.15) is 29.0 Å². The lowest BCUT2D eigenvalue weighted by atomic mass is 10.2. The number of hydrogen-bond donors (Lipinski definition) is 1. The molecule has 0 aliphatic carbocycles. The van der Waals surface area contributed by atoms with Gasteiger partial charge in [-0.15, -0.1) is 0 Å². The zero-order valence-corrected chi connectivity index (χ0v) is 11.6. The first-order chi connectivity index (χ1) is 9.02. The zero-order chi connectivity index (χ0) is 14.0. The molecule has 2 N–H and O–H groups in total. The van der Waals surface area contributed by atoms with Crippen LogP contribution in [-0.4, -0.2) is 0 Å². The van der Waals surface area contributed by atoms with Crippen LogP contribution in [0.1, 0.15) is 5.56 Å². The van der Waals surface area contributed by atoms with E-state index in [0.29, 0.717) is 3.57 Å². The summed E-state index contributed by atoms with van der Waals surface area (Å²) in [6.07, 6.45) is 0. The number of rotatable bonds is 2. The SMILES string of the molecule is N#Cc1c(F)cccc1Oc1cc(F)c(I)cc1N. The fraction of sp³-hybridized carbons (Fsp3) is 0. The number of nitrogens with two attached hydrogens (primary N) is 1. The Bertz CT molecular complexity index is 683. The molecule has 3 nitrogen and oxygen atoms in total. The second-order valence-electron chi connectivity index (χ2n) is 3.63. The summed E-state index contributed by atoms with van der Waals surface area (Å²) in [5.74, 6) is -1.17. The van der Waals surface area contributed by atoms with Gasteiger partial charge in [-0.2, -0.15) is 5.26 Å². The van der Waals surface area contributed by atoms with Crippen molar-refractivity contribution in [3.8, 4) is 17.6 Å². The Morgan fingerprint density at radius 3 is 2.58 bits per heavy atom. The van der Waals surface area contributed by atoms with Gasteiger partial charge in [0.25, 0.3) is 0 Å². The Labute approximate surface area is 121 Å². The number of ether oxygens (including phenoxy) is 1. The molecule has 96 valence electrons. The van der Waals surface area contributed by atoms with Crippen LogP contribution in [0, 0.1) is 26.5 Å². The molecule has 0 fully saturated rings. The van der Waals surface area contributed by atoms with Crippen molar-refractivity contribution >= 4 is 28.3 Å². The van der Waals surface area contributed by atoms with Crippen LogP contribution in [0.15, 0.2) is 30.3 Å². The summed E-state index contributed by atoms with van der Waals surface area (Å²) in [4.78, 5) is 0. The summed E-state index contributed by atoms with van der Waals surface area (Å²) in [5, 5.41) is 8.87. The maximum Gasteiger partial charge on any atom is 0.153 e. The van der Waals surface area contributed by atoms with E-state index in [-0.39, 0.29) is 22.7 Å². The number of nitrogens with zero attached hydrogens (tertiary/aromatic N) is 1. The summed E-state index contributed by atoms with van der Waals surface area (Å²) in [6.45, 7) is 0. The Morgan fingerprint density at radius 2 is 1.89 bits per heavy atom. The first kappa shape index (κ1) is 13.5. The monoisotopic (exact) mass is 372 g/mol. The number of anilines is 1. The molecule has 2 aromatic carbocycles. The average molecular weight is 372 g/mol. The Balaban J connectivity index is 2.45. The standard InChI is InChI=1S/C13H7F2IN2O/c14-8-2-1-3-12(7(8)6-17)19-13-4-9(15)10(16)5-11(13)18/h1-5H,18H2. The van der Waals surface area contributed by atoms with Gasteiger partial charge in [-0.1, -0.05) is 6.07 Å². The molecule has 0 aliphatic heterocycles. The lowest BCUT2D eigenvalue weighted by Gasteiger charge is -2.10. The van der Waals surface area contributed by atoms with E-state index in [0.717, 1.165) is 12.1 Å². The van der Waals surface area contributed by atoms with Crippen molar-refractivity contribution < 1.29 is 13.5 Å². The van der Waals surface area contributed by atoms with Crippen molar-refractivity contribution in [2.24, 2.45) is 0 Å². The molecule has 0 bridgehead atoms. The lowest BCUT2D eigenvalue weighted by Crippen LogP contribution is -1.97. The number of nitrogen functional groups attached to an aromatic ring is 1. The summed E-state index contributed by atoms with van der Waals surface area (Å²) < 4.78 is 32.5. The van der Waals surface area contributed by atoms with Crippen LogP contribution in [0.3, 0.4) is 0 Å². The van der Waals surface area contributed by atoms with Crippen molar-refractivity contribution in [1.82, 2.24) is 0 Å². The second-order valence-corrected chi connectivity index (χ2v) is 4.79. The zero-order valence-electron chi connectivity index (χ0n) is 9.45. The van der Waals surface area contributed by atoms with E-state index in [1.165, 1.54) is 18.2 Å². The van der Waals surface area contributed by atoms with Crippen LogP contribution in [0.25, 0.3) is 0 Å². The van der Waals surface area contributed by atoms with Gasteiger partial charge in [-0.05, 0) is 40.8 Å². The van der Waals surface area contributed by atoms with Gasteiger partial charge in [0.15, 0.2) is 5.75 Å². The van der Waals surface area contributed by atoms with Gasteiger partial charge >= 0.3 is 0 Å². The van der Waals surface area contributed by atoms with Gasteiger partial charge in [-0.3, -0.25) is 0 Å². The Kier molecular flexibility index (Phi) is 3.85. The minimum Gasteiger partial charge on any atom is -0.454 e. The maximum atomic E-state index is 13.4. The molecular formula is C13H7F2IN2O. The van der Waals surface area contributed by atoms with Crippen molar-refractivity contribution in [2.75, 3.05) is 5.73 Å². The minimum atomic E-state index is -0.704. The topological polar surface area (TPSA) is 59.0 Å². The number of benzene rings is 2. The Hall–Kier alpha value is -1.88. The number of hydrogen-bond acceptors (Lipinski definition) is 3. The van der Waals surface area contributed by atoms with Gasteiger partial charge in [0, 0.05) is 6.07 Å². The van der Waals surface area contributed by atoms with Crippen LogP contribution >= 0.6 is 22.6 Å². The fourth-order valence-electron chi connectivity index (χ4n) is 1.45. The molecule has 0 aromatic heterocycles. The molecule has 0 amide bonds. The summed E-state index contributed by atoms with van der Waals surface area (Å²) in [7, 11) is 0. The molecule has 0 atom stereocenters. The number of halogens is 3. The maximum absolute atomic E-state index is 13.4. The van der Waals surface area contributed by atoms with E-state index in [4.69, 9.17) is 15.7 Å². The third kappa shape index (κ3) is 2.76. The van der Waals surface area contributed by atoms with Crippen molar-refractivity contribution in [1.29, 1.82) is 5.26 Å². The van der Waals surface area contributed by atoms with Gasteiger partial charge in [0.05, 0.1) is 9.26 Å². The molecule has 0 saturated heterocycles. The number of nitriles is 1. The molecule has 2 aromatic rings. The van der Waals surface area contributed by atoms with Gasteiger partial charge < -0.3 is 10.5 Å². The van der Waals surface area contributed by atoms with Crippen LogP contribution in [0.2, 0.25) is 0 Å². The third-order valence-corrected chi connectivity index (χ3v) is 3.19. The van der Waals surface area contributed by atoms with E-state index >= 15 is 0 Å². The molecule has 2 rings (SSSR count). The van der Waals surface area contributed by atoms with Crippen LogP contribution in [-0.2, 0) is 0 Å². The smallest absolute Gasteiger partial charge is 0.153 e. The molecule has 19 heavy (non-hydrogen) atoms. The molecule has 0 heterocycles. The van der Waals surface area contributed by atoms with Crippen LogP contribution in [0.5, 0.6) is 11.5 Å². The second kappa shape index (κ2) is 5.40.